The zero-order valence-electron chi connectivity index (χ0n) is 17.5. The van der Waals surface area contributed by atoms with Gasteiger partial charge in [0.2, 0.25) is 12.7 Å². The smallest absolute Gasteiger partial charge is 0.231 e. The third-order valence-electron chi connectivity index (χ3n) is 6.81. The Morgan fingerprint density at radius 1 is 1.07 bits per heavy atom. The standard InChI is InChI=1S/C24H29N3O3/c1-25-23(28)24(14-18-5-3-2-4-6-18)15-27(16-24)19-9-11-26(12-10-19)20-7-8-21-22(13-20)30-17-29-21/h2-8,13,19H,9-12,14-17H2,1H3,(H,25,28). The fraction of sp³-hybridized carbons (Fsp3) is 0.458. The van der Waals surface area contributed by atoms with Crippen molar-refractivity contribution in [2.75, 3.05) is 44.9 Å². The number of nitrogens with zero attached hydrogens (tertiary/aromatic N) is 2. The molecule has 0 aromatic heterocycles. The quantitative estimate of drug-likeness (QED) is 0.826. The van der Waals surface area contributed by atoms with Gasteiger partial charge in [0.1, 0.15) is 0 Å². The maximum absolute atomic E-state index is 12.7. The van der Waals surface area contributed by atoms with Crippen LogP contribution in [0.3, 0.4) is 0 Å². The van der Waals surface area contributed by atoms with E-state index in [2.05, 4.69) is 51.5 Å². The van der Waals surface area contributed by atoms with Crippen molar-refractivity contribution in [1.29, 1.82) is 0 Å². The average molecular weight is 408 g/mol. The second-order valence-corrected chi connectivity index (χ2v) is 8.68. The predicted octanol–water partition coefficient (Wildman–Crippen LogP) is 2.67. The van der Waals surface area contributed by atoms with E-state index in [0.717, 1.165) is 56.9 Å². The van der Waals surface area contributed by atoms with Crippen LogP contribution in [0.25, 0.3) is 0 Å². The molecule has 0 spiro atoms. The Bertz CT molecular complexity index is 903. The molecule has 6 heteroatoms. The summed E-state index contributed by atoms with van der Waals surface area (Å²) >= 11 is 0. The van der Waals surface area contributed by atoms with Gasteiger partial charge in [-0.25, -0.2) is 0 Å². The molecule has 0 bridgehead atoms. The zero-order chi connectivity index (χ0) is 20.6. The van der Waals surface area contributed by atoms with Crippen molar-refractivity contribution < 1.29 is 14.3 Å². The van der Waals surface area contributed by atoms with E-state index in [1.54, 1.807) is 7.05 Å². The van der Waals surface area contributed by atoms with Crippen LogP contribution in [-0.2, 0) is 11.2 Å². The molecule has 3 heterocycles. The van der Waals surface area contributed by atoms with Gasteiger partial charge in [-0.1, -0.05) is 30.3 Å². The highest BCUT2D eigenvalue weighted by Crippen LogP contribution is 2.39. The lowest BCUT2D eigenvalue weighted by molar-refractivity contribution is -0.144. The molecule has 30 heavy (non-hydrogen) atoms. The van der Waals surface area contributed by atoms with E-state index >= 15 is 0 Å². The zero-order valence-corrected chi connectivity index (χ0v) is 17.5. The van der Waals surface area contributed by atoms with Gasteiger partial charge in [-0.05, 0) is 37.0 Å². The van der Waals surface area contributed by atoms with Crippen molar-refractivity contribution in [2.24, 2.45) is 5.41 Å². The lowest BCUT2D eigenvalue weighted by Crippen LogP contribution is -2.67. The summed E-state index contributed by atoms with van der Waals surface area (Å²) in [5.74, 6) is 1.84. The number of ether oxygens (including phenoxy) is 2. The number of hydrogen-bond acceptors (Lipinski definition) is 5. The van der Waals surface area contributed by atoms with Crippen LogP contribution < -0.4 is 19.7 Å². The van der Waals surface area contributed by atoms with E-state index in [9.17, 15) is 4.79 Å². The molecule has 3 aliphatic rings. The number of benzene rings is 2. The fourth-order valence-corrected chi connectivity index (χ4v) is 5.15. The normalized spacial score (nSPS) is 20.6. The minimum absolute atomic E-state index is 0.167. The van der Waals surface area contributed by atoms with E-state index in [1.807, 2.05) is 12.1 Å². The van der Waals surface area contributed by atoms with Gasteiger partial charge in [0.25, 0.3) is 0 Å². The summed E-state index contributed by atoms with van der Waals surface area (Å²) in [7, 11) is 1.75. The van der Waals surface area contributed by atoms with Gasteiger partial charge >= 0.3 is 0 Å². The largest absolute Gasteiger partial charge is 0.454 e. The number of likely N-dealkylation sites (tertiary alicyclic amines) is 1. The van der Waals surface area contributed by atoms with Gasteiger partial charge in [-0.15, -0.1) is 0 Å². The molecule has 1 N–H and O–H groups in total. The van der Waals surface area contributed by atoms with Crippen LogP contribution in [0.15, 0.2) is 48.5 Å². The number of anilines is 1. The van der Waals surface area contributed by atoms with Crippen LogP contribution in [0.5, 0.6) is 11.5 Å². The third-order valence-corrected chi connectivity index (χ3v) is 6.81. The van der Waals surface area contributed by atoms with E-state index < -0.39 is 0 Å². The van der Waals surface area contributed by atoms with E-state index in [0.29, 0.717) is 12.8 Å². The Kier molecular flexibility index (Phi) is 5.03. The third kappa shape index (κ3) is 3.49. The van der Waals surface area contributed by atoms with Crippen molar-refractivity contribution in [1.82, 2.24) is 10.2 Å². The fourth-order valence-electron chi connectivity index (χ4n) is 5.15. The molecule has 1 amide bonds. The number of amides is 1. The number of hydrogen-bond donors (Lipinski definition) is 1. The Hall–Kier alpha value is -2.73. The predicted molar refractivity (Wildman–Crippen MR) is 116 cm³/mol. The van der Waals surface area contributed by atoms with Gasteiger partial charge in [-0.2, -0.15) is 0 Å². The van der Waals surface area contributed by atoms with Crippen LogP contribution >= 0.6 is 0 Å². The Morgan fingerprint density at radius 2 is 1.80 bits per heavy atom. The molecule has 5 rings (SSSR count). The Morgan fingerprint density at radius 3 is 2.53 bits per heavy atom. The monoisotopic (exact) mass is 407 g/mol. The summed E-state index contributed by atoms with van der Waals surface area (Å²) in [5, 5.41) is 2.90. The first kappa shape index (κ1) is 19.2. The molecule has 2 aromatic carbocycles. The van der Waals surface area contributed by atoms with Gasteiger partial charge in [0, 0.05) is 51.0 Å². The number of nitrogens with one attached hydrogen (secondary N) is 1. The van der Waals surface area contributed by atoms with Crippen molar-refractivity contribution in [3.63, 3.8) is 0 Å². The van der Waals surface area contributed by atoms with E-state index in [1.165, 1.54) is 11.3 Å². The Balaban J connectivity index is 1.19. The van der Waals surface area contributed by atoms with Crippen molar-refractivity contribution in [3.8, 4) is 11.5 Å². The Labute approximate surface area is 177 Å². The molecule has 2 fully saturated rings. The van der Waals surface area contributed by atoms with E-state index in [4.69, 9.17) is 9.47 Å². The first-order valence-electron chi connectivity index (χ1n) is 10.8. The summed E-state index contributed by atoms with van der Waals surface area (Å²) in [6.07, 6.45) is 3.03. The van der Waals surface area contributed by atoms with Crippen LogP contribution in [0.2, 0.25) is 0 Å². The molecule has 0 unspecified atom stereocenters. The summed E-state index contributed by atoms with van der Waals surface area (Å²) < 4.78 is 10.9. The van der Waals surface area contributed by atoms with Gasteiger partial charge in [-0.3, -0.25) is 9.69 Å². The second-order valence-electron chi connectivity index (χ2n) is 8.68. The number of fused-ring (bicyclic) bond motifs is 1. The van der Waals surface area contributed by atoms with Crippen molar-refractivity contribution >= 4 is 11.6 Å². The molecule has 2 saturated heterocycles. The number of carbonyl (C=O) groups is 1. The molecule has 0 radical (unpaired) electrons. The molecule has 0 atom stereocenters. The highest BCUT2D eigenvalue weighted by atomic mass is 16.7. The molecular weight excluding hydrogens is 378 g/mol. The van der Waals surface area contributed by atoms with E-state index in [-0.39, 0.29) is 11.3 Å². The van der Waals surface area contributed by atoms with Gasteiger partial charge in [0.15, 0.2) is 11.5 Å². The van der Waals surface area contributed by atoms with Crippen LogP contribution in [-0.4, -0.2) is 56.9 Å². The number of carbonyl (C=O) groups excluding carboxylic acids is 1. The minimum Gasteiger partial charge on any atom is -0.454 e. The lowest BCUT2D eigenvalue weighted by atomic mass is 9.72. The topological polar surface area (TPSA) is 54.0 Å². The summed E-state index contributed by atoms with van der Waals surface area (Å²) in [6, 6.07) is 17.1. The second kappa shape index (κ2) is 7.84. The molecule has 6 nitrogen and oxygen atoms in total. The number of piperidine rings is 1. The molecule has 158 valence electrons. The van der Waals surface area contributed by atoms with Gasteiger partial charge < -0.3 is 19.7 Å². The van der Waals surface area contributed by atoms with Gasteiger partial charge in [0.05, 0.1) is 5.41 Å². The molecule has 0 aliphatic carbocycles. The van der Waals surface area contributed by atoms with Crippen LogP contribution in [0.1, 0.15) is 18.4 Å². The highest BCUT2D eigenvalue weighted by molar-refractivity contribution is 5.84. The summed E-state index contributed by atoms with van der Waals surface area (Å²) in [5.41, 5.74) is 2.13. The molecule has 2 aromatic rings. The van der Waals surface area contributed by atoms with Crippen LogP contribution in [0, 0.1) is 5.41 Å². The first-order valence-corrected chi connectivity index (χ1v) is 10.8. The first-order chi connectivity index (χ1) is 14.7. The summed E-state index contributed by atoms with van der Waals surface area (Å²) in [6.45, 7) is 4.04. The summed E-state index contributed by atoms with van der Waals surface area (Å²) in [4.78, 5) is 17.6. The molecule has 3 aliphatic heterocycles. The lowest BCUT2D eigenvalue weighted by Gasteiger charge is -2.53. The SMILES string of the molecule is CNC(=O)C1(Cc2ccccc2)CN(C2CCN(c3ccc4c(c3)OCO4)CC2)C1. The highest BCUT2D eigenvalue weighted by Gasteiger charge is 2.50. The number of rotatable bonds is 5. The van der Waals surface area contributed by atoms with Crippen LogP contribution in [0.4, 0.5) is 5.69 Å². The van der Waals surface area contributed by atoms with Crippen molar-refractivity contribution in [2.45, 2.75) is 25.3 Å². The van der Waals surface area contributed by atoms with Crippen molar-refractivity contribution in [3.05, 3.63) is 54.1 Å². The molecule has 0 saturated carbocycles. The average Bonchev–Trinajstić information content (AvgIpc) is 3.24. The maximum Gasteiger partial charge on any atom is 0.231 e. The minimum atomic E-state index is -0.301. The molecular formula is C24H29N3O3. The maximum atomic E-state index is 12.7.